The molecule has 0 aliphatic carbocycles. The van der Waals surface area contributed by atoms with Crippen LogP contribution in [-0.4, -0.2) is 19.1 Å². The predicted octanol–water partition coefficient (Wildman–Crippen LogP) is 3.69. The van der Waals surface area contributed by atoms with Gasteiger partial charge in [-0.05, 0) is 43.7 Å². The van der Waals surface area contributed by atoms with Crippen molar-refractivity contribution in [3.8, 4) is 0 Å². The van der Waals surface area contributed by atoms with Gasteiger partial charge in [0.05, 0.1) is 0 Å². The van der Waals surface area contributed by atoms with Gasteiger partial charge < -0.3 is 10.6 Å². The zero-order valence-electron chi connectivity index (χ0n) is 10.4. The lowest BCUT2D eigenvalue weighted by Gasteiger charge is -2.14. The van der Waals surface area contributed by atoms with Crippen LogP contribution in [-0.2, 0) is 6.54 Å². The summed E-state index contributed by atoms with van der Waals surface area (Å²) in [6, 6.07) is 6.82. The van der Waals surface area contributed by atoms with Gasteiger partial charge in [0.25, 0.3) is 0 Å². The maximum atomic E-state index is 3.51. The summed E-state index contributed by atoms with van der Waals surface area (Å²) in [5.41, 5.74) is 1.29. The third-order valence-corrected chi connectivity index (χ3v) is 3.37. The number of nitrogens with one attached hydrogen (secondary N) is 2. The smallest absolute Gasteiger partial charge is 0.0209 e. The quantitative estimate of drug-likeness (QED) is 0.722. The molecule has 1 aromatic rings. The van der Waals surface area contributed by atoms with Crippen molar-refractivity contribution >= 4 is 31.9 Å². The molecule has 1 aromatic carbocycles. The van der Waals surface area contributed by atoms with Gasteiger partial charge in [0, 0.05) is 28.1 Å². The van der Waals surface area contributed by atoms with Crippen molar-refractivity contribution in [3.63, 3.8) is 0 Å². The minimum atomic E-state index is 0.485. The second kappa shape index (κ2) is 8.25. The normalized spacial score (nSPS) is 12.7. The van der Waals surface area contributed by atoms with Crippen LogP contribution in [0.2, 0.25) is 0 Å². The van der Waals surface area contributed by atoms with E-state index in [1.807, 2.05) is 0 Å². The van der Waals surface area contributed by atoms with Gasteiger partial charge in [0.15, 0.2) is 0 Å². The molecular weight excluding hydrogens is 344 g/mol. The van der Waals surface area contributed by atoms with Gasteiger partial charge in [-0.25, -0.2) is 0 Å². The fraction of sp³-hybridized carbons (Fsp3) is 0.538. The predicted molar refractivity (Wildman–Crippen MR) is 81.3 cm³/mol. The van der Waals surface area contributed by atoms with E-state index >= 15 is 0 Å². The highest BCUT2D eigenvalue weighted by atomic mass is 79.9. The molecule has 1 rings (SSSR count). The van der Waals surface area contributed by atoms with E-state index in [0.717, 1.165) is 28.6 Å². The summed E-state index contributed by atoms with van der Waals surface area (Å²) in [4.78, 5) is 0. The van der Waals surface area contributed by atoms with E-state index in [-0.39, 0.29) is 0 Å². The average Bonchev–Trinajstić information content (AvgIpc) is 2.25. The molecule has 0 bridgehead atoms. The van der Waals surface area contributed by atoms with E-state index in [1.165, 1.54) is 12.0 Å². The Balaban J connectivity index is 2.34. The van der Waals surface area contributed by atoms with Crippen molar-refractivity contribution in [2.75, 3.05) is 13.1 Å². The monoisotopic (exact) mass is 362 g/mol. The lowest BCUT2D eigenvalue weighted by molar-refractivity contribution is 0.501. The molecule has 2 nitrogen and oxygen atoms in total. The molecule has 4 heteroatoms. The molecule has 0 spiro atoms. The molecule has 0 saturated carbocycles. The van der Waals surface area contributed by atoms with Gasteiger partial charge in [-0.15, -0.1) is 0 Å². The molecule has 0 heterocycles. The molecule has 96 valence electrons. The first-order valence-corrected chi connectivity index (χ1v) is 7.59. The maximum Gasteiger partial charge on any atom is 0.0209 e. The van der Waals surface area contributed by atoms with Crippen LogP contribution in [0.3, 0.4) is 0 Å². The first-order valence-electron chi connectivity index (χ1n) is 6.01. The van der Waals surface area contributed by atoms with Crippen LogP contribution in [0.5, 0.6) is 0 Å². The molecular formula is C13H20Br2N2. The Bertz CT molecular complexity index is 322. The van der Waals surface area contributed by atoms with Gasteiger partial charge in [-0.3, -0.25) is 0 Å². The molecule has 17 heavy (non-hydrogen) atoms. The number of hydrogen-bond donors (Lipinski definition) is 2. The molecule has 0 aliphatic rings. The number of hydrogen-bond acceptors (Lipinski definition) is 2. The van der Waals surface area contributed by atoms with Crippen LogP contribution in [0.1, 0.15) is 25.8 Å². The summed E-state index contributed by atoms with van der Waals surface area (Å²) in [5, 5.41) is 6.92. The third kappa shape index (κ3) is 6.55. The Morgan fingerprint density at radius 3 is 2.41 bits per heavy atom. The van der Waals surface area contributed by atoms with Crippen LogP contribution in [0, 0.1) is 0 Å². The van der Waals surface area contributed by atoms with Crippen molar-refractivity contribution in [3.05, 3.63) is 32.7 Å². The topological polar surface area (TPSA) is 24.1 Å². The van der Waals surface area contributed by atoms with E-state index in [0.29, 0.717) is 6.04 Å². The second-order valence-electron chi connectivity index (χ2n) is 4.26. The van der Waals surface area contributed by atoms with Crippen LogP contribution in [0.4, 0.5) is 0 Å². The van der Waals surface area contributed by atoms with E-state index < -0.39 is 0 Å². The average molecular weight is 364 g/mol. The highest BCUT2D eigenvalue weighted by Crippen LogP contribution is 2.19. The lowest BCUT2D eigenvalue weighted by Crippen LogP contribution is -2.36. The SMILES string of the molecule is CCCNCC(C)NCc1cc(Br)cc(Br)c1. The first-order chi connectivity index (χ1) is 8.11. The Labute approximate surface area is 121 Å². The molecule has 0 amide bonds. The van der Waals surface area contributed by atoms with Gasteiger partial charge in [0.1, 0.15) is 0 Å². The molecule has 0 saturated heterocycles. The van der Waals surface area contributed by atoms with Crippen LogP contribution in [0.25, 0.3) is 0 Å². The summed E-state index contributed by atoms with van der Waals surface area (Å²) in [5.74, 6) is 0. The molecule has 0 aromatic heterocycles. The largest absolute Gasteiger partial charge is 0.315 e. The molecule has 1 atom stereocenters. The molecule has 1 unspecified atom stereocenters. The number of rotatable bonds is 7. The molecule has 0 fully saturated rings. The van der Waals surface area contributed by atoms with Crippen molar-refractivity contribution in [2.45, 2.75) is 32.9 Å². The highest BCUT2D eigenvalue weighted by molar-refractivity contribution is 9.11. The van der Waals surface area contributed by atoms with E-state index in [9.17, 15) is 0 Å². The molecule has 0 aliphatic heterocycles. The fourth-order valence-corrected chi connectivity index (χ4v) is 2.96. The molecule has 0 radical (unpaired) electrons. The van der Waals surface area contributed by atoms with Gasteiger partial charge in [-0.2, -0.15) is 0 Å². The summed E-state index contributed by atoms with van der Waals surface area (Å²) < 4.78 is 2.22. The summed E-state index contributed by atoms with van der Waals surface area (Å²) in [7, 11) is 0. The Hall–Kier alpha value is 0.1000. The zero-order chi connectivity index (χ0) is 12.7. The fourth-order valence-electron chi connectivity index (χ4n) is 1.57. The van der Waals surface area contributed by atoms with E-state index in [1.54, 1.807) is 0 Å². The minimum Gasteiger partial charge on any atom is -0.315 e. The standard InChI is InChI=1S/C13H20Br2N2/c1-3-4-16-8-10(2)17-9-11-5-12(14)7-13(15)6-11/h5-7,10,16-17H,3-4,8-9H2,1-2H3. The van der Waals surface area contributed by atoms with Crippen molar-refractivity contribution in [1.29, 1.82) is 0 Å². The highest BCUT2D eigenvalue weighted by Gasteiger charge is 2.02. The molecule has 2 N–H and O–H groups in total. The Morgan fingerprint density at radius 2 is 1.82 bits per heavy atom. The van der Waals surface area contributed by atoms with Crippen molar-refractivity contribution in [2.24, 2.45) is 0 Å². The first kappa shape index (κ1) is 15.2. The Morgan fingerprint density at radius 1 is 1.18 bits per heavy atom. The summed E-state index contributed by atoms with van der Waals surface area (Å²) in [6.45, 7) is 7.39. The van der Waals surface area contributed by atoms with Crippen LogP contribution in [0.15, 0.2) is 27.1 Å². The third-order valence-electron chi connectivity index (χ3n) is 2.45. The van der Waals surface area contributed by atoms with Gasteiger partial charge >= 0.3 is 0 Å². The van der Waals surface area contributed by atoms with Crippen molar-refractivity contribution in [1.82, 2.24) is 10.6 Å². The van der Waals surface area contributed by atoms with Crippen molar-refractivity contribution < 1.29 is 0 Å². The Kier molecular flexibility index (Phi) is 7.35. The van der Waals surface area contributed by atoms with Gasteiger partial charge in [0.2, 0.25) is 0 Å². The van der Waals surface area contributed by atoms with E-state index in [4.69, 9.17) is 0 Å². The summed E-state index contributed by atoms with van der Waals surface area (Å²) in [6.07, 6.45) is 1.19. The number of halogens is 2. The van der Waals surface area contributed by atoms with Gasteiger partial charge in [-0.1, -0.05) is 38.8 Å². The zero-order valence-corrected chi connectivity index (χ0v) is 13.6. The van der Waals surface area contributed by atoms with Crippen LogP contribution >= 0.6 is 31.9 Å². The lowest BCUT2D eigenvalue weighted by atomic mass is 10.2. The minimum absolute atomic E-state index is 0.485. The van der Waals surface area contributed by atoms with Crippen LogP contribution < -0.4 is 10.6 Å². The number of benzene rings is 1. The maximum absolute atomic E-state index is 3.51. The second-order valence-corrected chi connectivity index (χ2v) is 6.10. The summed E-state index contributed by atoms with van der Waals surface area (Å²) >= 11 is 7.00. The van der Waals surface area contributed by atoms with E-state index in [2.05, 4.69) is 74.5 Å².